The summed E-state index contributed by atoms with van der Waals surface area (Å²) in [4.78, 5) is 11.2. The summed E-state index contributed by atoms with van der Waals surface area (Å²) in [5.74, 6) is 0.163. The van der Waals surface area contributed by atoms with Crippen molar-refractivity contribution in [3.63, 3.8) is 0 Å². The van der Waals surface area contributed by atoms with E-state index in [1.165, 1.54) is 6.42 Å². The first-order valence-electron chi connectivity index (χ1n) is 6.38. The van der Waals surface area contributed by atoms with Crippen molar-refractivity contribution in [3.05, 3.63) is 0 Å². The van der Waals surface area contributed by atoms with Gasteiger partial charge in [0.05, 0.1) is 11.5 Å². The van der Waals surface area contributed by atoms with E-state index in [2.05, 4.69) is 0 Å². The molecule has 2 N–H and O–H groups in total. The van der Waals surface area contributed by atoms with Gasteiger partial charge in [-0.2, -0.15) is 0 Å². The molecule has 0 heterocycles. The molecule has 90 valence electrons. The molecule has 0 aliphatic heterocycles. The second-order valence-corrected chi connectivity index (χ2v) is 6.61. The lowest BCUT2D eigenvalue weighted by Crippen LogP contribution is -2.58. The molecule has 0 amide bonds. The van der Waals surface area contributed by atoms with E-state index in [4.69, 9.17) is 0 Å². The van der Waals surface area contributed by atoms with Crippen molar-refractivity contribution >= 4 is 5.97 Å². The van der Waals surface area contributed by atoms with Gasteiger partial charge in [0.1, 0.15) is 0 Å². The Labute approximate surface area is 95.9 Å². The molecule has 0 spiro atoms. The number of hydrogen-bond donors (Lipinski definition) is 2. The van der Waals surface area contributed by atoms with E-state index >= 15 is 0 Å². The first-order chi connectivity index (χ1) is 7.42. The van der Waals surface area contributed by atoms with E-state index < -0.39 is 11.6 Å². The molecule has 2 unspecified atom stereocenters. The Morgan fingerprint density at radius 3 is 2.25 bits per heavy atom. The summed E-state index contributed by atoms with van der Waals surface area (Å²) in [7, 11) is 0. The van der Waals surface area contributed by atoms with Crippen molar-refractivity contribution in [1.82, 2.24) is 0 Å². The van der Waals surface area contributed by atoms with Crippen LogP contribution in [0, 0.1) is 23.2 Å². The molecule has 0 radical (unpaired) electrons. The summed E-state index contributed by atoms with van der Waals surface area (Å²) in [5, 5.41) is 19.7. The van der Waals surface area contributed by atoms with Crippen LogP contribution in [0.15, 0.2) is 0 Å². The second-order valence-electron chi connectivity index (χ2n) is 6.61. The molecule has 16 heavy (non-hydrogen) atoms. The third-order valence-corrected chi connectivity index (χ3v) is 5.36. The lowest BCUT2D eigenvalue weighted by molar-refractivity contribution is -0.188. The Kier molecular flexibility index (Phi) is 1.99. The van der Waals surface area contributed by atoms with Crippen molar-refractivity contribution in [3.8, 4) is 0 Å². The number of aliphatic carboxylic acids is 1. The molecule has 4 bridgehead atoms. The van der Waals surface area contributed by atoms with Gasteiger partial charge in [0, 0.05) is 0 Å². The normalized spacial score (nSPS) is 51.6. The fraction of sp³-hybridized carbons (Fsp3) is 0.923. The number of aliphatic hydroxyl groups is 1. The van der Waals surface area contributed by atoms with Crippen LogP contribution < -0.4 is 0 Å². The molecule has 5 atom stereocenters. The van der Waals surface area contributed by atoms with Crippen molar-refractivity contribution < 1.29 is 15.0 Å². The van der Waals surface area contributed by atoms with Crippen LogP contribution in [0.3, 0.4) is 0 Å². The maximum absolute atomic E-state index is 11.2. The van der Waals surface area contributed by atoms with Crippen molar-refractivity contribution in [2.24, 2.45) is 23.2 Å². The maximum atomic E-state index is 11.2. The molecule has 4 saturated carbocycles. The molecule has 0 aromatic heterocycles. The van der Waals surface area contributed by atoms with Crippen LogP contribution in [0.25, 0.3) is 0 Å². The maximum Gasteiger partial charge on any atom is 0.306 e. The summed E-state index contributed by atoms with van der Waals surface area (Å²) in [5.41, 5.74) is -0.640. The van der Waals surface area contributed by atoms with Gasteiger partial charge >= 0.3 is 5.97 Å². The van der Waals surface area contributed by atoms with Crippen LogP contribution in [-0.2, 0) is 4.79 Å². The standard InChI is InChI=1S/C13H20O3/c1-8(11(14)15)12-3-9-2-10(4-12)6-13(16,5-9)7-12/h8-10,16H,2-7H2,1H3,(H,14,15)/t8-,9-,10+,12?,13?/m1/s1. The van der Waals surface area contributed by atoms with Crippen LogP contribution in [-0.4, -0.2) is 21.8 Å². The van der Waals surface area contributed by atoms with Gasteiger partial charge in [-0.3, -0.25) is 4.79 Å². The third kappa shape index (κ3) is 1.33. The zero-order chi connectivity index (χ0) is 11.6. The Hall–Kier alpha value is -0.570. The Bertz CT molecular complexity index is 322. The number of carbonyl (C=O) groups is 1. The van der Waals surface area contributed by atoms with Crippen molar-refractivity contribution in [2.45, 2.75) is 51.0 Å². The van der Waals surface area contributed by atoms with Gasteiger partial charge in [0.25, 0.3) is 0 Å². The lowest BCUT2D eigenvalue weighted by Gasteiger charge is -2.61. The van der Waals surface area contributed by atoms with E-state index in [1.807, 2.05) is 6.92 Å². The van der Waals surface area contributed by atoms with Crippen molar-refractivity contribution in [2.75, 3.05) is 0 Å². The molecule has 4 rings (SSSR count). The fourth-order valence-electron chi connectivity index (χ4n) is 5.05. The van der Waals surface area contributed by atoms with Crippen molar-refractivity contribution in [1.29, 1.82) is 0 Å². The predicted octanol–water partition coefficient (Wildman–Crippen LogP) is 2.04. The van der Waals surface area contributed by atoms with E-state index in [0.29, 0.717) is 11.8 Å². The monoisotopic (exact) mass is 224 g/mol. The summed E-state index contributed by atoms with van der Waals surface area (Å²) < 4.78 is 0. The molecule has 0 aromatic carbocycles. The molecule has 3 nitrogen and oxygen atoms in total. The fourth-order valence-corrected chi connectivity index (χ4v) is 5.05. The van der Waals surface area contributed by atoms with E-state index in [0.717, 1.165) is 32.1 Å². The average Bonchev–Trinajstić information content (AvgIpc) is 2.12. The molecular formula is C13H20O3. The van der Waals surface area contributed by atoms with E-state index in [-0.39, 0.29) is 11.3 Å². The average molecular weight is 224 g/mol. The summed E-state index contributed by atoms with van der Waals surface area (Å²) in [6, 6.07) is 0. The van der Waals surface area contributed by atoms with Crippen LogP contribution in [0.1, 0.15) is 45.4 Å². The van der Waals surface area contributed by atoms with Gasteiger partial charge < -0.3 is 10.2 Å². The number of hydrogen-bond acceptors (Lipinski definition) is 2. The van der Waals surface area contributed by atoms with Gasteiger partial charge in [-0.1, -0.05) is 6.92 Å². The largest absolute Gasteiger partial charge is 0.481 e. The molecule has 3 heteroatoms. The Morgan fingerprint density at radius 1 is 1.25 bits per heavy atom. The zero-order valence-electron chi connectivity index (χ0n) is 9.78. The second kappa shape index (κ2) is 3.00. The molecular weight excluding hydrogens is 204 g/mol. The molecule has 4 aliphatic rings. The van der Waals surface area contributed by atoms with Gasteiger partial charge in [0.15, 0.2) is 0 Å². The van der Waals surface area contributed by atoms with Gasteiger partial charge in [0.2, 0.25) is 0 Å². The quantitative estimate of drug-likeness (QED) is 0.754. The zero-order valence-corrected chi connectivity index (χ0v) is 9.78. The highest BCUT2D eigenvalue weighted by Crippen LogP contribution is 2.64. The first kappa shape index (κ1) is 10.6. The highest BCUT2D eigenvalue weighted by atomic mass is 16.4. The van der Waals surface area contributed by atoms with Crippen LogP contribution >= 0.6 is 0 Å². The van der Waals surface area contributed by atoms with Gasteiger partial charge in [-0.15, -0.1) is 0 Å². The highest BCUT2D eigenvalue weighted by Gasteiger charge is 2.59. The van der Waals surface area contributed by atoms with E-state index in [1.54, 1.807) is 0 Å². The summed E-state index contributed by atoms with van der Waals surface area (Å²) in [6.07, 6.45) is 5.82. The molecule has 0 aromatic rings. The lowest BCUT2D eigenvalue weighted by atomic mass is 9.45. The Balaban J connectivity index is 1.94. The summed E-state index contributed by atoms with van der Waals surface area (Å²) >= 11 is 0. The van der Waals surface area contributed by atoms with Gasteiger partial charge in [-0.25, -0.2) is 0 Å². The SMILES string of the molecule is C[C@H](C(=O)O)C12C[C@@H]3C[C@@H](CC(O)(C3)C1)C2. The molecule has 4 fully saturated rings. The summed E-state index contributed by atoms with van der Waals surface area (Å²) in [6.45, 7) is 1.83. The minimum Gasteiger partial charge on any atom is -0.481 e. The smallest absolute Gasteiger partial charge is 0.306 e. The van der Waals surface area contributed by atoms with Crippen LogP contribution in [0.2, 0.25) is 0 Å². The Morgan fingerprint density at radius 2 is 1.81 bits per heavy atom. The van der Waals surface area contributed by atoms with Crippen LogP contribution in [0.5, 0.6) is 0 Å². The van der Waals surface area contributed by atoms with Crippen LogP contribution in [0.4, 0.5) is 0 Å². The number of carboxylic acid groups (broad SMARTS) is 1. The van der Waals surface area contributed by atoms with E-state index in [9.17, 15) is 15.0 Å². The minimum absolute atomic E-state index is 0.106. The molecule has 0 saturated heterocycles. The minimum atomic E-state index is -0.689. The van der Waals surface area contributed by atoms with Gasteiger partial charge in [-0.05, 0) is 55.8 Å². The first-order valence-corrected chi connectivity index (χ1v) is 6.38. The molecule has 4 aliphatic carbocycles. The number of carboxylic acids is 1. The topological polar surface area (TPSA) is 57.5 Å². The third-order valence-electron chi connectivity index (χ3n) is 5.36. The highest BCUT2D eigenvalue weighted by molar-refractivity contribution is 5.70. The predicted molar refractivity (Wildman–Crippen MR) is 58.9 cm³/mol. The number of rotatable bonds is 2.